The molecule has 0 aromatic carbocycles. The lowest BCUT2D eigenvalue weighted by Gasteiger charge is -2.34. The monoisotopic (exact) mass is 212 g/mol. The summed E-state index contributed by atoms with van der Waals surface area (Å²) in [5, 5.41) is 0. The Morgan fingerprint density at radius 1 is 1.47 bits per heavy atom. The van der Waals surface area contributed by atoms with Crippen LogP contribution in [0, 0.1) is 5.92 Å². The van der Waals surface area contributed by atoms with E-state index in [1.807, 2.05) is 0 Å². The van der Waals surface area contributed by atoms with E-state index in [-0.39, 0.29) is 0 Å². The van der Waals surface area contributed by atoms with Gasteiger partial charge in [0, 0.05) is 0 Å². The van der Waals surface area contributed by atoms with Crippen molar-refractivity contribution in [3.63, 3.8) is 0 Å². The minimum Gasteiger partial charge on any atom is -0.306 e. The van der Waals surface area contributed by atoms with Gasteiger partial charge in [0.15, 0.2) is 0 Å². The third-order valence-electron chi connectivity index (χ3n) is 3.43. The van der Waals surface area contributed by atoms with Crippen LogP contribution in [0.2, 0.25) is 0 Å². The third kappa shape index (κ3) is 3.59. The molecule has 0 spiro atoms. The van der Waals surface area contributed by atoms with Gasteiger partial charge in [-0.15, -0.1) is 0 Å². The van der Waals surface area contributed by atoms with Crippen LogP contribution < -0.4 is 5.48 Å². The highest BCUT2D eigenvalue weighted by Crippen LogP contribution is 2.23. The van der Waals surface area contributed by atoms with E-state index < -0.39 is 0 Å². The predicted molar refractivity (Wildman–Crippen MR) is 63.6 cm³/mol. The van der Waals surface area contributed by atoms with Crippen LogP contribution in [0.25, 0.3) is 0 Å². The second kappa shape index (κ2) is 6.26. The summed E-state index contributed by atoms with van der Waals surface area (Å²) in [6, 6.07) is 0.383. The largest absolute Gasteiger partial charge is 0.306 e. The first-order chi connectivity index (χ1) is 7.19. The molecule has 3 heteroatoms. The summed E-state index contributed by atoms with van der Waals surface area (Å²) in [6.07, 6.45) is 4.68. The second-order valence-electron chi connectivity index (χ2n) is 4.47. The second-order valence-corrected chi connectivity index (χ2v) is 4.47. The van der Waals surface area contributed by atoms with E-state index in [0.29, 0.717) is 12.0 Å². The van der Waals surface area contributed by atoms with Gasteiger partial charge in [-0.25, -0.2) is 0 Å². The van der Waals surface area contributed by atoms with Crippen LogP contribution in [0.5, 0.6) is 0 Å². The zero-order valence-electron chi connectivity index (χ0n) is 10.4. The smallest absolute Gasteiger partial charge is 0.0572 e. The molecule has 1 rings (SSSR count). The van der Waals surface area contributed by atoms with E-state index in [4.69, 9.17) is 4.84 Å². The zero-order chi connectivity index (χ0) is 11.3. The molecule has 3 nitrogen and oxygen atoms in total. The molecule has 1 aliphatic heterocycles. The first-order valence-electron chi connectivity index (χ1n) is 5.79. The van der Waals surface area contributed by atoms with Crippen molar-refractivity contribution in [2.45, 2.75) is 32.7 Å². The number of allylic oxidation sites excluding steroid dienone is 1. The maximum atomic E-state index is 5.10. The topological polar surface area (TPSA) is 24.5 Å². The normalized spacial score (nSPS) is 23.1. The Labute approximate surface area is 93.4 Å². The molecule has 0 bridgehead atoms. The quantitative estimate of drug-likeness (QED) is 0.568. The Morgan fingerprint density at radius 2 is 2.07 bits per heavy atom. The highest BCUT2D eigenvalue weighted by molar-refractivity contribution is 5.08. The van der Waals surface area contributed by atoms with Crippen molar-refractivity contribution in [3.05, 3.63) is 11.6 Å². The van der Waals surface area contributed by atoms with E-state index in [1.165, 1.54) is 31.5 Å². The lowest BCUT2D eigenvalue weighted by molar-refractivity contribution is 0.0406. The van der Waals surface area contributed by atoms with Crippen molar-refractivity contribution in [1.82, 2.24) is 10.4 Å². The molecule has 1 unspecified atom stereocenters. The van der Waals surface area contributed by atoms with Gasteiger partial charge in [0.25, 0.3) is 0 Å². The Bertz CT molecular complexity index is 208. The summed E-state index contributed by atoms with van der Waals surface area (Å²) in [4.78, 5) is 7.50. The minimum atomic E-state index is 0.383. The molecule has 1 heterocycles. The molecule has 1 fully saturated rings. The first kappa shape index (κ1) is 12.7. The molecule has 0 radical (unpaired) electrons. The predicted octanol–water partition coefficient (Wildman–Crippen LogP) is 1.81. The molecule has 15 heavy (non-hydrogen) atoms. The summed E-state index contributed by atoms with van der Waals surface area (Å²) >= 11 is 0. The summed E-state index contributed by atoms with van der Waals surface area (Å²) in [5.74, 6) is 0.706. The number of rotatable bonds is 4. The summed E-state index contributed by atoms with van der Waals surface area (Å²) in [7, 11) is 3.89. The highest BCUT2D eigenvalue weighted by Gasteiger charge is 2.25. The Morgan fingerprint density at radius 3 is 2.53 bits per heavy atom. The van der Waals surface area contributed by atoms with Gasteiger partial charge in [-0.1, -0.05) is 11.6 Å². The lowest BCUT2D eigenvalue weighted by atomic mass is 9.86. The highest BCUT2D eigenvalue weighted by atomic mass is 16.6. The van der Waals surface area contributed by atoms with E-state index >= 15 is 0 Å². The maximum Gasteiger partial charge on any atom is 0.0572 e. The van der Waals surface area contributed by atoms with E-state index in [1.54, 1.807) is 7.11 Å². The van der Waals surface area contributed by atoms with Gasteiger partial charge in [0.1, 0.15) is 0 Å². The molecule has 0 aliphatic carbocycles. The number of hydroxylamine groups is 1. The average Bonchev–Trinajstić information content (AvgIpc) is 2.26. The molecule has 1 N–H and O–H groups in total. The number of nitrogens with zero attached hydrogens (tertiary/aromatic N) is 1. The first-order valence-corrected chi connectivity index (χ1v) is 5.79. The molecule has 0 amide bonds. The van der Waals surface area contributed by atoms with Crippen LogP contribution in [0.4, 0.5) is 0 Å². The lowest BCUT2D eigenvalue weighted by Crippen LogP contribution is -2.42. The molecule has 1 aliphatic rings. The maximum absolute atomic E-state index is 5.10. The average molecular weight is 212 g/mol. The summed E-state index contributed by atoms with van der Waals surface area (Å²) in [6.45, 7) is 6.66. The molecule has 0 aromatic heterocycles. The Balaban J connectivity index is 2.56. The molecule has 1 atom stereocenters. The van der Waals surface area contributed by atoms with Crippen molar-refractivity contribution < 1.29 is 4.84 Å². The molecule has 0 aromatic rings. The van der Waals surface area contributed by atoms with Gasteiger partial charge in [0.2, 0.25) is 0 Å². The van der Waals surface area contributed by atoms with Crippen LogP contribution in [0.1, 0.15) is 26.7 Å². The van der Waals surface area contributed by atoms with Crippen molar-refractivity contribution in [2.75, 3.05) is 27.2 Å². The Hall–Kier alpha value is -0.380. The van der Waals surface area contributed by atoms with Crippen molar-refractivity contribution in [1.29, 1.82) is 0 Å². The van der Waals surface area contributed by atoms with Crippen LogP contribution in [-0.2, 0) is 4.84 Å². The summed E-state index contributed by atoms with van der Waals surface area (Å²) < 4.78 is 0. The summed E-state index contributed by atoms with van der Waals surface area (Å²) in [5.41, 5.74) is 4.51. The number of hydrogen-bond donors (Lipinski definition) is 1. The fourth-order valence-corrected chi connectivity index (χ4v) is 2.23. The fraction of sp³-hybridized carbons (Fsp3) is 0.833. The van der Waals surface area contributed by atoms with Crippen LogP contribution in [0.3, 0.4) is 0 Å². The number of likely N-dealkylation sites (tertiary alicyclic amines) is 1. The molecule has 0 saturated carbocycles. The zero-order valence-corrected chi connectivity index (χ0v) is 10.4. The van der Waals surface area contributed by atoms with Crippen LogP contribution in [-0.4, -0.2) is 38.2 Å². The number of nitrogens with one attached hydrogen (secondary N) is 1. The Kier molecular flexibility index (Phi) is 5.29. The third-order valence-corrected chi connectivity index (χ3v) is 3.43. The van der Waals surface area contributed by atoms with E-state index in [0.717, 1.165) is 0 Å². The van der Waals surface area contributed by atoms with E-state index in [9.17, 15) is 0 Å². The molecular weight excluding hydrogens is 188 g/mol. The van der Waals surface area contributed by atoms with Crippen molar-refractivity contribution in [2.24, 2.45) is 5.92 Å². The minimum absolute atomic E-state index is 0.383. The SMILES string of the molecule is C/C=C(\C)C(NOC)C1CCN(C)CC1. The van der Waals surface area contributed by atoms with Crippen molar-refractivity contribution in [3.8, 4) is 0 Å². The van der Waals surface area contributed by atoms with E-state index in [2.05, 4.69) is 37.4 Å². The fourth-order valence-electron chi connectivity index (χ4n) is 2.23. The van der Waals surface area contributed by atoms with Crippen LogP contribution in [0.15, 0.2) is 11.6 Å². The molecular formula is C12H24N2O. The van der Waals surface area contributed by atoms with Gasteiger partial charge in [0.05, 0.1) is 13.2 Å². The van der Waals surface area contributed by atoms with Crippen LogP contribution >= 0.6 is 0 Å². The van der Waals surface area contributed by atoms with Gasteiger partial charge in [-0.2, -0.15) is 5.48 Å². The molecule has 88 valence electrons. The number of piperidine rings is 1. The standard InChI is InChI=1S/C12H24N2O/c1-5-10(2)12(13-15-4)11-6-8-14(3)9-7-11/h5,11-13H,6-9H2,1-4H3/b10-5+. The van der Waals surface area contributed by atoms with Gasteiger partial charge >= 0.3 is 0 Å². The van der Waals surface area contributed by atoms with Gasteiger partial charge in [-0.05, 0) is 52.7 Å². The number of hydrogen-bond acceptors (Lipinski definition) is 3. The molecule has 1 saturated heterocycles. The van der Waals surface area contributed by atoms with Gasteiger partial charge in [-0.3, -0.25) is 0 Å². The van der Waals surface area contributed by atoms with Gasteiger partial charge < -0.3 is 9.74 Å². The van der Waals surface area contributed by atoms with Crippen molar-refractivity contribution >= 4 is 0 Å².